The number of hydrogen-bond donors (Lipinski definition) is 1. The Morgan fingerprint density at radius 1 is 1.29 bits per heavy atom. The zero-order valence-corrected chi connectivity index (χ0v) is 13.1. The van der Waals surface area contributed by atoms with Gasteiger partial charge in [-0.3, -0.25) is 0 Å². The SMILES string of the molecule is CC(C)NCc1ccccc1OCCOCC1CCOC1. The summed E-state index contributed by atoms with van der Waals surface area (Å²) in [5.41, 5.74) is 1.19. The number of rotatable bonds is 9. The van der Waals surface area contributed by atoms with Crippen molar-refractivity contribution in [2.24, 2.45) is 5.92 Å². The second-order valence-corrected chi connectivity index (χ2v) is 5.80. The molecule has 1 saturated heterocycles. The van der Waals surface area contributed by atoms with Crippen LogP contribution < -0.4 is 10.1 Å². The molecule has 1 aliphatic rings. The maximum atomic E-state index is 5.84. The lowest BCUT2D eigenvalue weighted by atomic mass is 10.1. The summed E-state index contributed by atoms with van der Waals surface area (Å²) in [4.78, 5) is 0. The Kier molecular flexibility index (Phi) is 7.00. The minimum absolute atomic E-state index is 0.468. The number of nitrogens with one attached hydrogen (secondary N) is 1. The fourth-order valence-electron chi connectivity index (χ4n) is 2.28. The summed E-state index contributed by atoms with van der Waals surface area (Å²) in [6, 6.07) is 8.63. The molecule has 0 spiro atoms. The van der Waals surface area contributed by atoms with Crippen LogP contribution in [-0.2, 0) is 16.0 Å². The molecule has 21 heavy (non-hydrogen) atoms. The molecule has 1 N–H and O–H groups in total. The molecule has 0 saturated carbocycles. The quantitative estimate of drug-likeness (QED) is 0.711. The maximum Gasteiger partial charge on any atom is 0.123 e. The molecule has 1 aromatic rings. The van der Waals surface area contributed by atoms with Gasteiger partial charge in [0.25, 0.3) is 0 Å². The maximum absolute atomic E-state index is 5.84. The number of para-hydroxylation sites is 1. The first-order valence-electron chi connectivity index (χ1n) is 7.85. The Hall–Kier alpha value is -1.10. The third-order valence-electron chi connectivity index (χ3n) is 3.54. The fourth-order valence-corrected chi connectivity index (χ4v) is 2.28. The first kappa shape index (κ1) is 16.3. The van der Waals surface area contributed by atoms with Gasteiger partial charge in [-0.25, -0.2) is 0 Å². The van der Waals surface area contributed by atoms with Crippen LogP contribution in [0.1, 0.15) is 25.8 Å². The van der Waals surface area contributed by atoms with E-state index in [-0.39, 0.29) is 0 Å². The molecule has 118 valence electrons. The fraction of sp³-hybridized carbons (Fsp3) is 0.647. The van der Waals surface area contributed by atoms with E-state index >= 15 is 0 Å². The van der Waals surface area contributed by atoms with Crippen molar-refractivity contribution in [1.29, 1.82) is 0 Å². The highest BCUT2D eigenvalue weighted by atomic mass is 16.5. The molecule has 0 amide bonds. The molecule has 2 rings (SSSR count). The van der Waals surface area contributed by atoms with E-state index in [1.165, 1.54) is 5.56 Å². The highest BCUT2D eigenvalue weighted by Gasteiger charge is 2.15. The van der Waals surface area contributed by atoms with Gasteiger partial charge in [0.05, 0.1) is 19.8 Å². The predicted octanol–water partition coefficient (Wildman–Crippen LogP) is 2.62. The van der Waals surface area contributed by atoms with Gasteiger partial charge in [0, 0.05) is 30.7 Å². The molecule has 4 nitrogen and oxygen atoms in total. The van der Waals surface area contributed by atoms with Crippen molar-refractivity contribution >= 4 is 0 Å². The van der Waals surface area contributed by atoms with Gasteiger partial charge < -0.3 is 19.5 Å². The smallest absolute Gasteiger partial charge is 0.123 e. The van der Waals surface area contributed by atoms with E-state index in [1.54, 1.807) is 0 Å². The van der Waals surface area contributed by atoms with E-state index < -0.39 is 0 Å². The van der Waals surface area contributed by atoms with Crippen LogP contribution in [0.2, 0.25) is 0 Å². The van der Waals surface area contributed by atoms with E-state index in [0.29, 0.717) is 25.2 Å². The highest BCUT2D eigenvalue weighted by Crippen LogP contribution is 2.18. The van der Waals surface area contributed by atoms with E-state index in [0.717, 1.165) is 38.5 Å². The molecule has 1 unspecified atom stereocenters. The summed E-state index contributed by atoms with van der Waals surface area (Å²) in [6.45, 7) is 8.82. The molecule has 1 atom stereocenters. The number of hydrogen-bond acceptors (Lipinski definition) is 4. The average Bonchev–Trinajstić information content (AvgIpc) is 2.99. The van der Waals surface area contributed by atoms with Gasteiger partial charge in [-0.1, -0.05) is 32.0 Å². The van der Waals surface area contributed by atoms with Crippen LogP contribution in [0, 0.1) is 5.92 Å². The highest BCUT2D eigenvalue weighted by molar-refractivity contribution is 5.33. The lowest BCUT2D eigenvalue weighted by Gasteiger charge is -2.14. The zero-order valence-electron chi connectivity index (χ0n) is 13.1. The Morgan fingerprint density at radius 3 is 2.90 bits per heavy atom. The third-order valence-corrected chi connectivity index (χ3v) is 3.54. The Bertz CT molecular complexity index is 403. The summed E-state index contributed by atoms with van der Waals surface area (Å²) in [5, 5.41) is 3.42. The summed E-state index contributed by atoms with van der Waals surface area (Å²) in [6.07, 6.45) is 1.12. The summed E-state index contributed by atoms with van der Waals surface area (Å²) in [5.74, 6) is 1.51. The van der Waals surface area contributed by atoms with E-state index in [2.05, 4.69) is 25.2 Å². The third kappa shape index (κ3) is 6.04. The molecule has 4 heteroatoms. The molecular formula is C17H27NO3. The summed E-state index contributed by atoms with van der Waals surface area (Å²) >= 11 is 0. The van der Waals surface area contributed by atoms with Gasteiger partial charge >= 0.3 is 0 Å². The van der Waals surface area contributed by atoms with Crippen LogP contribution in [0.25, 0.3) is 0 Å². The Balaban J connectivity index is 1.67. The number of benzene rings is 1. The van der Waals surface area contributed by atoms with Gasteiger partial charge in [-0.2, -0.15) is 0 Å². The summed E-state index contributed by atoms with van der Waals surface area (Å²) < 4.78 is 16.8. The first-order valence-corrected chi connectivity index (χ1v) is 7.85. The van der Waals surface area contributed by atoms with Crippen LogP contribution in [0.3, 0.4) is 0 Å². The second kappa shape index (κ2) is 9.03. The van der Waals surface area contributed by atoms with E-state index in [4.69, 9.17) is 14.2 Å². The lowest BCUT2D eigenvalue weighted by molar-refractivity contribution is 0.0681. The lowest BCUT2D eigenvalue weighted by Crippen LogP contribution is -2.22. The molecule has 1 fully saturated rings. The largest absolute Gasteiger partial charge is 0.491 e. The Morgan fingerprint density at radius 2 is 2.14 bits per heavy atom. The molecule has 0 radical (unpaired) electrons. The van der Waals surface area contributed by atoms with Crippen molar-refractivity contribution in [3.63, 3.8) is 0 Å². The molecule has 1 aliphatic heterocycles. The van der Waals surface area contributed by atoms with Crippen LogP contribution >= 0.6 is 0 Å². The molecule has 1 aromatic carbocycles. The summed E-state index contributed by atoms with van der Waals surface area (Å²) in [7, 11) is 0. The van der Waals surface area contributed by atoms with Gasteiger partial charge in [-0.15, -0.1) is 0 Å². The molecule has 0 aromatic heterocycles. The molecule has 0 aliphatic carbocycles. The van der Waals surface area contributed by atoms with Gasteiger partial charge in [0.2, 0.25) is 0 Å². The predicted molar refractivity (Wildman–Crippen MR) is 83.7 cm³/mol. The van der Waals surface area contributed by atoms with Crippen molar-refractivity contribution in [3.05, 3.63) is 29.8 Å². The van der Waals surface area contributed by atoms with E-state index in [1.807, 2.05) is 18.2 Å². The molecular weight excluding hydrogens is 266 g/mol. The number of ether oxygens (including phenoxy) is 3. The van der Waals surface area contributed by atoms with Crippen LogP contribution in [0.5, 0.6) is 5.75 Å². The van der Waals surface area contributed by atoms with Crippen molar-refractivity contribution in [3.8, 4) is 5.75 Å². The molecule has 0 bridgehead atoms. The minimum atomic E-state index is 0.468. The minimum Gasteiger partial charge on any atom is -0.491 e. The van der Waals surface area contributed by atoms with Gasteiger partial charge in [-0.05, 0) is 12.5 Å². The van der Waals surface area contributed by atoms with E-state index in [9.17, 15) is 0 Å². The van der Waals surface area contributed by atoms with Crippen molar-refractivity contribution in [2.45, 2.75) is 32.9 Å². The van der Waals surface area contributed by atoms with Crippen LogP contribution in [0.4, 0.5) is 0 Å². The van der Waals surface area contributed by atoms with Crippen LogP contribution in [-0.4, -0.2) is 39.1 Å². The second-order valence-electron chi connectivity index (χ2n) is 5.80. The van der Waals surface area contributed by atoms with Crippen LogP contribution in [0.15, 0.2) is 24.3 Å². The first-order chi connectivity index (χ1) is 10.3. The average molecular weight is 293 g/mol. The van der Waals surface area contributed by atoms with Gasteiger partial charge in [0.1, 0.15) is 12.4 Å². The van der Waals surface area contributed by atoms with Crippen molar-refractivity contribution in [1.82, 2.24) is 5.32 Å². The standard InChI is InChI=1S/C17H27NO3/c1-14(2)18-11-16-5-3-4-6-17(16)21-10-9-20-13-15-7-8-19-12-15/h3-6,14-15,18H,7-13H2,1-2H3. The van der Waals surface area contributed by atoms with Crippen molar-refractivity contribution < 1.29 is 14.2 Å². The van der Waals surface area contributed by atoms with Gasteiger partial charge in [0.15, 0.2) is 0 Å². The monoisotopic (exact) mass is 293 g/mol. The topological polar surface area (TPSA) is 39.7 Å². The Labute approximate surface area is 127 Å². The zero-order chi connectivity index (χ0) is 14.9. The normalized spacial score (nSPS) is 18.3. The van der Waals surface area contributed by atoms with Crippen molar-refractivity contribution in [2.75, 3.05) is 33.0 Å². The molecule has 1 heterocycles.